The summed E-state index contributed by atoms with van der Waals surface area (Å²) in [5.41, 5.74) is 2.11. The average Bonchev–Trinajstić information content (AvgIpc) is 3.30. The zero-order valence-electron chi connectivity index (χ0n) is 37.8. The standard InChI is InChI=1S/C56H77O3PS/c1-3-5-7-9-11-13-15-17-19-21-27-38-50-39-37-49-56(55(50)48-36-22-20-18-16-14-12-10-8-6-4-2)61(57,58)59-60(51-40-28-23-29-41-51,52-42-30-24-31-43-52,53-44-32-25-33-45-53)54-46-34-26-35-47-54/h23-26,28-35,37,39-47,49H,3-22,27,36,38,48H2,1-2H3. The van der Waals surface area contributed by atoms with Crippen LogP contribution in [0.15, 0.2) is 144 Å². The molecule has 0 unspecified atom stereocenters. The van der Waals surface area contributed by atoms with Gasteiger partial charge in [-0.05, 0) is 0 Å². The van der Waals surface area contributed by atoms with Gasteiger partial charge in [-0.3, -0.25) is 0 Å². The molecule has 0 aromatic heterocycles. The molecule has 0 saturated heterocycles. The van der Waals surface area contributed by atoms with Gasteiger partial charge in [0, 0.05) is 0 Å². The van der Waals surface area contributed by atoms with Crippen LogP contribution in [0.4, 0.5) is 0 Å². The number of unbranched alkanes of at least 4 members (excludes halogenated alkanes) is 20. The van der Waals surface area contributed by atoms with Gasteiger partial charge in [0.25, 0.3) is 0 Å². The Labute approximate surface area is 372 Å². The van der Waals surface area contributed by atoms with Crippen molar-refractivity contribution in [2.75, 3.05) is 0 Å². The molecule has 5 aromatic carbocycles. The van der Waals surface area contributed by atoms with Crippen LogP contribution >= 0.6 is 6.83 Å². The van der Waals surface area contributed by atoms with Crippen molar-refractivity contribution in [2.45, 2.75) is 173 Å². The van der Waals surface area contributed by atoms with Crippen LogP contribution in [0, 0.1) is 0 Å². The molecule has 0 aliphatic carbocycles. The van der Waals surface area contributed by atoms with Gasteiger partial charge in [0.05, 0.1) is 0 Å². The first kappa shape index (κ1) is 48.5. The fourth-order valence-electron chi connectivity index (χ4n) is 9.46. The third kappa shape index (κ3) is 13.0. The molecule has 0 fully saturated rings. The summed E-state index contributed by atoms with van der Waals surface area (Å²) in [6.45, 7) is 0.0878. The Morgan fingerprint density at radius 3 is 1.02 bits per heavy atom. The van der Waals surface area contributed by atoms with Crippen molar-refractivity contribution < 1.29 is 12.4 Å². The molecule has 0 heterocycles. The second-order valence-electron chi connectivity index (χ2n) is 17.4. The molecule has 0 radical (unpaired) electrons. The predicted octanol–water partition coefficient (Wildman–Crippen LogP) is 14.9. The van der Waals surface area contributed by atoms with Gasteiger partial charge >= 0.3 is 302 Å². The van der Waals surface area contributed by atoms with Gasteiger partial charge in [0.15, 0.2) is 0 Å². The minimum atomic E-state index is -4.47. The van der Waals surface area contributed by atoms with E-state index in [2.05, 4.69) is 68.4 Å². The third-order valence-corrected chi connectivity index (χ3v) is 20.9. The van der Waals surface area contributed by atoms with Crippen molar-refractivity contribution in [2.24, 2.45) is 0 Å². The summed E-state index contributed by atoms with van der Waals surface area (Å²) in [6.07, 6.45) is 29.6. The number of hydrogen-bond acceptors (Lipinski definition) is 3. The molecule has 0 aliphatic rings. The molecule has 0 spiro atoms. The van der Waals surface area contributed by atoms with Gasteiger partial charge in [0.1, 0.15) is 0 Å². The van der Waals surface area contributed by atoms with Gasteiger partial charge < -0.3 is 0 Å². The van der Waals surface area contributed by atoms with Crippen LogP contribution in [0.2, 0.25) is 0 Å². The van der Waals surface area contributed by atoms with E-state index < -0.39 is 16.9 Å². The fourth-order valence-corrected chi connectivity index (χ4v) is 18.3. The van der Waals surface area contributed by atoms with E-state index in [1.807, 2.05) is 84.9 Å². The quantitative estimate of drug-likeness (QED) is 0.0329. The van der Waals surface area contributed by atoms with Gasteiger partial charge in [-0.2, -0.15) is 0 Å². The minimum absolute atomic E-state index is 0.327. The Kier molecular flexibility index (Phi) is 20.8. The molecule has 0 amide bonds. The van der Waals surface area contributed by atoms with E-state index in [0.717, 1.165) is 64.4 Å². The zero-order chi connectivity index (χ0) is 42.9. The van der Waals surface area contributed by atoms with E-state index in [4.69, 9.17) is 3.97 Å². The average molecular weight is 861 g/mol. The van der Waals surface area contributed by atoms with Crippen molar-refractivity contribution in [1.29, 1.82) is 0 Å². The van der Waals surface area contributed by atoms with Gasteiger partial charge in [-0.1, -0.05) is 71.6 Å². The Morgan fingerprint density at radius 2 is 0.672 bits per heavy atom. The van der Waals surface area contributed by atoms with Crippen molar-refractivity contribution >= 4 is 38.2 Å². The molecule has 0 bridgehead atoms. The van der Waals surface area contributed by atoms with Crippen molar-refractivity contribution in [3.05, 3.63) is 151 Å². The molecule has 5 rings (SSSR count). The smallest absolute Gasteiger partial charge is 0.0654 e. The number of hydrogen-bond donors (Lipinski definition) is 0. The van der Waals surface area contributed by atoms with E-state index in [1.54, 1.807) is 0 Å². The summed E-state index contributed by atoms with van der Waals surface area (Å²) in [4.78, 5) is 0.327. The summed E-state index contributed by atoms with van der Waals surface area (Å²) in [5, 5.41) is 3.41. The van der Waals surface area contributed by atoms with Crippen molar-refractivity contribution in [3.63, 3.8) is 0 Å². The van der Waals surface area contributed by atoms with Crippen LogP contribution in [-0.2, 0) is 26.9 Å². The first-order valence-corrected chi connectivity index (χ1v) is 27.9. The SMILES string of the molecule is CCCCCCCCCCCCCc1cccc(S(=O)(=O)OP(c2ccccc2)(c2ccccc2)(c2ccccc2)c2ccccc2)c1CCCCCCCCCCCCC. The van der Waals surface area contributed by atoms with Crippen LogP contribution in [-0.4, -0.2) is 8.42 Å². The Balaban J connectivity index is 1.48. The predicted molar refractivity (Wildman–Crippen MR) is 266 cm³/mol. The molecule has 5 aromatic rings. The van der Waals surface area contributed by atoms with Crippen LogP contribution in [0.1, 0.15) is 166 Å². The summed E-state index contributed by atoms with van der Waals surface area (Å²) in [7, 11) is -4.38. The van der Waals surface area contributed by atoms with Gasteiger partial charge in [-0.25, -0.2) is 0 Å². The Bertz CT molecular complexity index is 1860. The summed E-state index contributed by atoms with van der Waals surface area (Å²) >= 11 is 0. The molecule has 61 heavy (non-hydrogen) atoms. The minimum Gasteiger partial charge on any atom is -0.0654 e. The first-order chi connectivity index (χ1) is 30.0. The van der Waals surface area contributed by atoms with E-state index >= 15 is 8.42 Å². The van der Waals surface area contributed by atoms with E-state index in [1.165, 1.54) is 122 Å². The maximum absolute atomic E-state index is 15.8. The van der Waals surface area contributed by atoms with E-state index in [9.17, 15) is 0 Å². The molecule has 3 nitrogen and oxygen atoms in total. The zero-order valence-corrected chi connectivity index (χ0v) is 39.5. The molecule has 0 N–H and O–H groups in total. The van der Waals surface area contributed by atoms with E-state index in [-0.39, 0.29) is 0 Å². The molecule has 0 saturated carbocycles. The van der Waals surface area contributed by atoms with Crippen molar-refractivity contribution in [3.8, 4) is 0 Å². The summed E-state index contributed by atoms with van der Waals surface area (Å²) in [5.74, 6) is 0. The molecule has 330 valence electrons. The number of benzene rings is 5. The number of rotatable bonds is 31. The Hall–Kier alpha value is -3.56. The normalized spacial score (nSPS) is 12.6. The molecular formula is C56H77O3PS. The fraction of sp³-hybridized carbons (Fsp3) is 0.464. The molecular weight excluding hydrogens is 784 g/mol. The second-order valence-corrected chi connectivity index (χ2v) is 23.5. The van der Waals surface area contributed by atoms with Crippen molar-refractivity contribution in [1.82, 2.24) is 0 Å². The second kappa shape index (κ2) is 26.2. The molecule has 5 heteroatoms. The van der Waals surface area contributed by atoms with Gasteiger partial charge in [0.2, 0.25) is 0 Å². The third-order valence-electron chi connectivity index (χ3n) is 12.8. The maximum atomic E-state index is 15.8. The van der Waals surface area contributed by atoms with Crippen LogP contribution < -0.4 is 21.2 Å². The van der Waals surface area contributed by atoms with Crippen LogP contribution in [0.25, 0.3) is 0 Å². The van der Waals surface area contributed by atoms with Crippen LogP contribution in [0.5, 0.6) is 0 Å². The first-order valence-electron chi connectivity index (χ1n) is 24.3. The summed E-state index contributed by atoms with van der Waals surface area (Å²) < 4.78 is 39.0. The van der Waals surface area contributed by atoms with Crippen LogP contribution in [0.3, 0.4) is 0 Å². The molecule has 0 atom stereocenters. The monoisotopic (exact) mass is 861 g/mol. The van der Waals surface area contributed by atoms with Gasteiger partial charge in [-0.15, -0.1) is 0 Å². The number of aryl methyl sites for hydroxylation is 1. The molecule has 0 aliphatic heterocycles. The van der Waals surface area contributed by atoms with E-state index in [0.29, 0.717) is 4.90 Å². The topological polar surface area (TPSA) is 43.4 Å². The summed E-state index contributed by atoms with van der Waals surface area (Å²) in [6, 6.07) is 46.5. The Morgan fingerprint density at radius 1 is 0.361 bits per heavy atom.